The number of allylic oxidation sites excluding steroid dienone is 1. The number of amides is 1. The summed E-state index contributed by atoms with van der Waals surface area (Å²) >= 11 is 6.32. The Morgan fingerprint density at radius 1 is 0.790 bits per heavy atom. The van der Waals surface area contributed by atoms with Gasteiger partial charge in [0.25, 0.3) is 15.9 Å². The lowest BCUT2D eigenvalue weighted by Crippen LogP contribution is -2.47. The zero-order valence-corrected chi connectivity index (χ0v) is 47.5. The maximum atomic E-state index is 14.6. The van der Waals surface area contributed by atoms with Crippen LogP contribution < -0.4 is 19.1 Å². The van der Waals surface area contributed by atoms with Gasteiger partial charge in [-0.1, -0.05) is 140 Å². The molecule has 0 spiro atoms. The molecular weight excluding hydrogens is 1050 g/mol. The molecule has 13 nitrogen and oxygen atoms in total. The van der Waals surface area contributed by atoms with E-state index in [1.807, 2.05) is 115 Å². The van der Waals surface area contributed by atoms with Crippen molar-refractivity contribution in [1.82, 2.24) is 24.4 Å². The van der Waals surface area contributed by atoms with Crippen LogP contribution >= 0.6 is 11.6 Å². The zero-order valence-electron chi connectivity index (χ0n) is 45.9. The van der Waals surface area contributed by atoms with Crippen LogP contribution in [0.15, 0.2) is 181 Å². The van der Waals surface area contributed by atoms with E-state index in [0.717, 1.165) is 96.9 Å². The molecule has 81 heavy (non-hydrogen) atoms. The fourth-order valence-corrected chi connectivity index (χ4v) is 13.0. The number of anilines is 1. The maximum absolute atomic E-state index is 14.6. The SMILES string of the molecule is CC1(C)CCC(CN2CCN(c3ccc(C(=O)NS(=O)(=O)c4cnc(OCC5CCC(C)(O)CC5)c(C#N)c4)c(Oc4cccc5c4cnn5C(c4ccccc4)(c4ccccc4)c4ccccc4)c3)CC2)=C(c2ccc(Cl)cc2)C1. The van der Waals surface area contributed by atoms with Crippen LogP contribution in [0, 0.1) is 22.7 Å². The van der Waals surface area contributed by atoms with Gasteiger partial charge in [-0.2, -0.15) is 10.4 Å². The van der Waals surface area contributed by atoms with Crippen LogP contribution in [0.3, 0.4) is 0 Å². The van der Waals surface area contributed by atoms with Gasteiger partial charge in [-0.05, 0) is 133 Å². The lowest BCUT2D eigenvalue weighted by atomic mass is 9.72. The average molecular weight is 1120 g/mol. The molecule has 0 unspecified atom stereocenters. The first-order valence-electron chi connectivity index (χ1n) is 27.8. The normalized spacial score (nSPS) is 18.8. The Kier molecular flexibility index (Phi) is 15.6. The Morgan fingerprint density at radius 2 is 1.43 bits per heavy atom. The Morgan fingerprint density at radius 3 is 2.06 bits per heavy atom. The number of carbonyl (C=O) groups excluding carboxylic acids is 1. The third kappa shape index (κ3) is 11.7. The van der Waals surface area contributed by atoms with Crippen molar-refractivity contribution < 1.29 is 27.8 Å². The van der Waals surface area contributed by atoms with Crippen molar-refractivity contribution in [2.75, 3.05) is 44.2 Å². The molecule has 0 radical (unpaired) electrons. The molecule has 11 rings (SSSR count). The van der Waals surface area contributed by atoms with Crippen LogP contribution in [0.1, 0.15) is 104 Å². The minimum Gasteiger partial charge on any atom is -0.476 e. The third-order valence-corrected chi connectivity index (χ3v) is 18.1. The van der Waals surface area contributed by atoms with E-state index in [4.69, 9.17) is 26.2 Å². The molecule has 2 N–H and O–H groups in total. The zero-order chi connectivity index (χ0) is 56.4. The van der Waals surface area contributed by atoms with E-state index in [-0.39, 0.29) is 45.6 Å². The van der Waals surface area contributed by atoms with Crippen molar-refractivity contribution in [3.63, 3.8) is 0 Å². The van der Waals surface area contributed by atoms with Gasteiger partial charge in [0.15, 0.2) is 0 Å². The first-order valence-corrected chi connectivity index (χ1v) is 29.7. The highest BCUT2D eigenvalue weighted by atomic mass is 35.5. The van der Waals surface area contributed by atoms with Crippen LogP contribution in [0.5, 0.6) is 17.4 Å². The fourth-order valence-electron chi connectivity index (χ4n) is 12.0. The molecule has 1 saturated heterocycles. The summed E-state index contributed by atoms with van der Waals surface area (Å²) in [6.45, 7) is 10.7. The first-order chi connectivity index (χ1) is 39.1. The summed E-state index contributed by atoms with van der Waals surface area (Å²) in [5.74, 6) is -0.257. The number of nitriles is 1. The van der Waals surface area contributed by atoms with Gasteiger partial charge in [0.1, 0.15) is 33.6 Å². The number of carbonyl (C=O) groups is 1. The predicted molar refractivity (Wildman–Crippen MR) is 317 cm³/mol. The molecule has 1 saturated carbocycles. The molecule has 2 aromatic heterocycles. The van der Waals surface area contributed by atoms with Gasteiger partial charge in [0, 0.05) is 49.5 Å². The van der Waals surface area contributed by atoms with Crippen molar-refractivity contribution in [1.29, 1.82) is 5.26 Å². The van der Waals surface area contributed by atoms with E-state index >= 15 is 0 Å². The lowest BCUT2D eigenvalue weighted by Gasteiger charge is -2.39. The molecule has 414 valence electrons. The summed E-state index contributed by atoms with van der Waals surface area (Å²) < 4.78 is 45.5. The van der Waals surface area contributed by atoms with Gasteiger partial charge in [-0.15, -0.1) is 0 Å². The Bertz CT molecular complexity index is 3660. The molecule has 0 bridgehead atoms. The van der Waals surface area contributed by atoms with Crippen molar-refractivity contribution in [2.45, 2.75) is 81.8 Å². The van der Waals surface area contributed by atoms with E-state index in [1.165, 1.54) is 16.7 Å². The molecule has 6 aromatic carbocycles. The highest BCUT2D eigenvalue weighted by Gasteiger charge is 2.41. The molecule has 0 atom stereocenters. The number of aliphatic hydroxyl groups is 1. The minimum absolute atomic E-state index is 0.00364. The number of sulfonamides is 1. The Labute approximate surface area is 479 Å². The molecule has 15 heteroatoms. The quantitative estimate of drug-likeness (QED) is 0.0885. The Hall–Kier alpha value is -7.80. The second-order valence-corrected chi connectivity index (χ2v) is 25.0. The number of benzene rings is 6. The monoisotopic (exact) mass is 1120 g/mol. The Balaban J connectivity index is 0.917. The summed E-state index contributed by atoms with van der Waals surface area (Å²) in [7, 11) is -4.59. The molecule has 2 fully saturated rings. The third-order valence-electron chi connectivity index (χ3n) is 16.5. The van der Waals surface area contributed by atoms with Crippen LogP contribution in [-0.4, -0.2) is 84.0 Å². The number of piperazine rings is 1. The number of ether oxygens (including phenoxy) is 2. The minimum atomic E-state index is -4.59. The fraction of sp³-hybridized carbons (Fsp3) is 0.303. The van der Waals surface area contributed by atoms with E-state index in [1.54, 1.807) is 12.3 Å². The van der Waals surface area contributed by atoms with Crippen molar-refractivity contribution in [2.24, 2.45) is 11.3 Å². The molecule has 8 aromatic rings. The number of aromatic nitrogens is 3. The average Bonchev–Trinajstić information content (AvgIpc) is 3.85. The van der Waals surface area contributed by atoms with Crippen molar-refractivity contribution in [3.05, 3.63) is 214 Å². The van der Waals surface area contributed by atoms with Crippen LogP contribution in [0.4, 0.5) is 5.69 Å². The standard InChI is InChI=1S/C66H66ClN7O6S/c1-64(2)31-30-48(57(40-64)47-22-24-53(67)25-23-47)44-72-34-36-73(37-35-72)54-26-27-56(62(75)71-81(77,78)55-38-49(41-68)63(69-42-55)79-45-46-28-32-65(3,76)33-29-46)61(39-54)80-60-21-13-20-59-58(60)43-70-74(59)66(50-14-7-4-8-15-50,51-16-9-5-10-17-51)52-18-11-6-12-19-52/h4-27,38-39,42-43,46,76H,28-37,40,44-45H2,1-3H3,(H,71,75). The van der Waals surface area contributed by atoms with Gasteiger partial charge in [0.2, 0.25) is 5.88 Å². The highest BCUT2D eigenvalue weighted by Crippen LogP contribution is 2.46. The van der Waals surface area contributed by atoms with Crippen LogP contribution in [0.25, 0.3) is 16.5 Å². The second kappa shape index (κ2) is 23.0. The van der Waals surface area contributed by atoms with Gasteiger partial charge >= 0.3 is 0 Å². The summed E-state index contributed by atoms with van der Waals surface area (Å²) in [4.78, 5) is 23.3. The number of hydrogen-bond donors (Lipinski definition) is 2. The molecule has 1 amide bonds. The van der Waals surface area contributed by atoms with Gasteiger partial charge in [-0.25, -0.2) is 22.8 Å². The van der Waals surface area contributed by atoms with Gasteiger partial charge in [0.05, 0.1) is 41.1 Å². The molecule has 3 heterocycles. The van der Waals surface area contributed by atoms with Gasteiger partial charge < -0.3 is 19.5 Å². The number of fused-ring (bicyclic) bond motifs is 1. The number of nitrogens with one attached hydrogen (secondary N) is 1. The number of halogens is 1. The summed E-state index contributed by atoms with van der Waals surface area (Å²) in [6, 6.07) is 53.1. The smallest absolute Gasteiger partial charge is 0.268 e. The molecular formula is C66H66ClN7O6S. The summed E-state index contributed by atoms with van der Waals surface area (Å²) in [5, 5.41) is 27.1. The number of pyridine rings is 1. The number of rotatable bonds is 16. The topological polar surface area (TPSA) is 163 Å². The maximum Gasteiger partial charge on any atom is 0.268 e. The lowest BCUT2D eigenvalue weighted by molar-refractivity contribution is 0.00125. The first kappa shape index (κ1) is 55.1. The van der Waals surface area contributed by atoms with E-state index in [0.29, 0.717) is 37.1 Å². The highest BCUT2D eigenvalue weighted by molar-refractivity contribution is 7.90. The molecule has 2 aliphatic carbocycles. The molecule has 3 aliphatic rings. The summed E-state index contributed by atoms with van der Waals surface area (Å²) in [5.41, 5.74) is 7.06. The molecule has 1 aliphatic heterocycles. The number of nitrogens with zero attached hydrogens (tertiary/aromatic N) is 6. The van der Waals surface area contributed by atoms with Crippen molar-refractivity contribution >= 4 is 49.7 Å². The van der Waals surface area contributed by atoms with E-state index < -0.39 is 27.1 Å². The van der Waals surface area contributed by atoms with Gasteiger partial charge in [-0.3, -0.25) is 9.69 Å². The number of hydrogen-bond acceptors (Lipinski definition) is 11. The second-order valence-electron chi connectivity index (χ2n) is 22.9. The van der Waals surface area contributed by atoms with E-state index in [2.05, 4.69) is 81.9 Å². The van der Waals surface area contributed by atoms with E-state index in [9.17, 15) is 23.6 Å². The van der Waals surface area contributed by atoms with Crippen LogP contribution in [0.2, 0.25) is 5.02 Å². The van der Waals surface area contributed by atoms with Crippen LogP contribution in [-0.2, 0) is 15.6 Å². The van der Waals surface area contributed by atoms with Crippen molar-refractivity contribution in [3.8, 4) is 23.4 Å². The summed E-state index contributed by atoms with van der Waals surface area (Å²) in [6.07, 6.45) is 8.78. The largest absolute Gasteiger partial charge is 0.476 e. The predicted octanol–water partition coefficient (Wildman–Crippen LogP) is 12.8.